The summed E-state index contributed by atoms with van der Waals surface area (Å²) >= 11 is 1.48. The van der Waals surface area contributed by atoms with Crippen molar-refractivity contribution >= 4 is 22.5 Å². The van der Waals surface area contributed by atoms with Gasteiger partial charge < -0.3 is 5.11 Å². The molecular formula is C21H22N2OS. The highest BCUT2D eigenvalue weighted by atomic mass is 32.2. The van der Waals surface area contributed by atoms with E-state index in [-0.39, 0.29) is 5.88 Å². The van der Waals surface area contributed by atoms with Gasteiger partial charge in [-0.1, -0.05) is 60.6 Å². The summed E-state index contributed by atoms with van der Waals surface area (Å²) < 4.78 is 0. The highest BCUT2D eigenvalue weighted by molar-refractivity contribution is 7.98. The van der Waals surface area contributed by atoms with E-state index in [1.165, 1.54) is 33.7 Å². The molecule has 25 heavy (non-hydrogen) atoms. The van der Waals surface area contributed by atoms with Gasteiger partial charge in [0.2, 0.25) is 5.88 Å². The Morgan fingerprint density at radius 3 is 2.72 bits per heavy atom. The second kappa shape index (κ2) is 6.34. The Bertz CT molecular complexity index is 954. The van der Waals surface area contributed by atoms with Crippen LogP contribution in [0.5, 0.6) is 5.88 Å². The molecule has 0 fully saturated rings. The zero-order chi connectivity index (χ0) is 17.6. The van der Waals surface area contributed by atoms with Gasteiger partial charge in [0.15, 0.2) is 5.16 Å². The first-order chi connectivity index (χ1) is 12.1. The lowest BCUT2D eigenvalue weighted by Crippen LogP contribution is -2.23. The maximum Gasteiger partial charge on any atom is 0.218 e. The van der Waals surface area contributed by atoms with Gasteiger partial charge in [-0.15, -0.1) is 0 Å². The molecule has 1 heterocycles. The average molecular weight is 350 g/mol. The average Bonchev–Trinajstić information content (AvgIpc) is 2.61. The number of rotatable bonds is 2. The summed E-state index contributed by atoms with van der Waals surface area (Å²) in [5, 5.41) is 13.6. The molecule has 2 unspecified atom stereocenters. The molecule has 3 nitrogen and oxygen atoms in total. The normalized spacial score (nSPS) is 19.8. The molecule has 4 rings (SSSR count). The Labute approximate surface area is 152 Å². The van der Waals surface area contributed by atoms with Crippen molar-refractivity contribution in [2.45, 2.75) is 37.8 Å². The molecule has 4 heteroatoms. The van der Waals surface area contributed by atoms with Gasteiger partial charge in [0.1, 0.15) is 0 Å². The maximum absolute atomic E-state index is 10.3. The Balaban J connectivity index is 1.84. The van der Waals surface area contributed by atoms with Crippen molar-refractivity contribution in [2.75, 3.05) is 6.26 Å². The summed E-state index contributed by atoms with van der Waals surface area (Å²) in [6.07, 6.45) is 3.62. The van der Waals surface area contributed by atoms with E-state index < -0.39 is 0 Å². The first-order valence-corrected chi connectivity index (χ1v) is 9.91. The number of aromatic nitrogens is 2. The van der Waals surface area contributed by atoms with Gasteiger partial charge >= 0.3 is 0 Å². The molecule has 0 bridgehead atoms. The summed E-state index contributed by atoms with van der Waals surface area (Å²) in [5.41, 5.74) is 4.63. The summed E-state index contributed by atoms with van der Waals surface area (Å²) in [5.74, 6) is 1.00. The third-order valence-electron chi connectivity index (χ3n) is 5.30. The lowest BCUT2D eigenvalue weighted by Gasteiger charge is -2.31. The van der Waals surface area contributed by atoms with Gasteiger partial charge in [-0.05, 0) is 54.2 Å². The van der Waals surface area contributed by atoms with E-state index in [1.807, 2.05) is 6.26 Å². The summed E-state index contributed by atoms with van der Waals surface area (Å²) in [6.45, 7) is 4.43. The van der Waals surface area contributed by atoms with E-state index in [2.05, 4.69) is 55.2 Å². The van der Waals surface area contributed by atoms with Crippen molar-refractivity contribution in [2.24, 2.45) is 5.92 Å². The number of benzene rings is 2. The first-order valence-electron chi connectivity index (χ1n) is 8.69. The fourth-order valence-corrected chi connectivity index (χ4v) is 4.44. The minimum atomic E-state index is 0.161. The first kappa shape index (κ1) is 16.4. The van der Waals surface area contributed by atoms with Crippen molar-refractivity contribution in [3.8, 4) is 5.88 Å². The van der Waals surface area contributed by atoms with Gasteiger partial charge in [-0.25, -0.2) is 4.98 Å². The van der Waals surface area contributed by atoms with Gasteiger partial charge in [0, 0.05) is 5.56 Å². The Morgan fingerprint density at radius 2 is 1.92 bits per heavy atom. The molecule has 0 spiro atoms. The highest BCUT2D eigenvalue weighted by Crippen LogP contribution is 2.41. The second-order valence-corrected chi connectivity index (χ2v) is 7.80. The third kappa shape index (κ3) is 2.89. The minimum absolute atomic E-state index is 0.161. The van der Waals surface area contributed by atoms with E-state index >= 15 is 0 Å². The minimum Gasteiger partial charge on any atom is -0.493 e. The van der Waals surface area contributed by atoms with Crippen LogP contribution in [0.25, 0.3) is 10.8 Å². The quantitative estimate of drug-likeness (QED) is 0.528. The molecular weight excluding hydrogens is 328 g/mol. The van der Waals surface area contributed by atoms with E-state index in [0.29, 0.717) is 17.0 Å². The fourth-order valence-electron chi connectivity index (χ4n) is 4.06. The molecule has 1 aliphatic rings. The zero-order valence-corrected chi connectivity index (χ0v) is 15.6. The van der Waals surface area contributed by atoms with Crippen LogP contribution in [-0.4, -0.2) is 21.3 Å². The summed E-state index contributed by atoms with van der Waals surface area (Å²) in [6, 6.07) is 13.2. The van der Waals surface area contributed by atoms with Crippen LogP contribution in [0.15, 0.2) is 41.6 Å². The molecule has 0 aliphatic heterocycles. The van der Waals surface area contributed by atoms with Crippen LogP contribution in [0.2, 0.25) is 0 Å². The Morgan fingerprint density at radius 1 is 1.12 bits per heavy atom. The Kier molecular flexibility index (Phi) is 4.16. The van der Waals surface area contributed by atoms with Crippen molar-refractivity contribution in [3.63, 3.8) is 0 Å². The van der Waals surface area contributed by atoms with E-state index in [1.54, 1.807) is 0 Å². The largest absolute Gasteiger partial charge is 0.493 e. The topological polar surface area (TPSA) is 46.0 Å². The van der Waals surface area contributed by atoms with Crippen molar-refractivity contribution in [1.82, 2.24) is 9.97 Å². The molecule has 0 saturated heterocycles. The van der Waals surface area contributed by atoms with E-state index in [0.717, 1.165) is 24.1 Å². The number of aryl methyl sites for hydroxylation is 1. The number of aromatic hydroxyl groups is 1. The molecule has 2 atom stereocenters. The van der Waals surface area contributed by atoms with Gasteiger partial charge in [0.25, 0.3) is 0 Å². The zero-order valence-electron chi connectivity index (χ0n) is 14.8. The molecule has 0 radical (unpaired) electrons. The van der Waals surface area contributed by atoms with Crippen molar-refractivity contribution in [3.05, 3.63) is 58.8 Å². The second-order valence-electron chi connectivity index (χ2n) is 7.03. The van der Waals surface area contributed by atoms with Crippen molar-refractivity contribution < 1.29 is 5.11 Å². The number of fused-ring (bicyclic) bond motifs is 2. The van der Waals surface area contributed by atoms with Crippen LogP contribution in [0.1, 0.15) is 35.2 Å². The predicted octanol–water partition coefficient (Wildman–Crippen LogP) is 4.88. The number of thioether (sulfide) groups is 1. The molecule has 1 N–H and O–H groups in total. The summed E-state index contributed by atoms with van der Waals surface area (Å²) in [7, 11) is 0. The van der Waals surface area contributed by atoms with Gasteiger partial charge in [-0.2, -0.15) is 4.98 Å². The molecule has 0 saturated carbocycles. The fraction of sp³-hybridized carbons (Fsp3) is 0.333. The van der Waals surface area contributed by atoms with Crippen LogP contribution in [-0.2, 0) is 12.8 Å². The van der Waals surface area contributed by atoms with E-state index in [9.17, 15) is 5.11 Å². The van der Waals surface area contributed by atoms with E-state index in [4.69, 9.17) is 4.98 Å². The number of nitrogens with zero attached hydrogens (tertiary/aromatic N) is 2. The van der Waals surface area contributed by atoms with Gasteiger partial charge in [-0.3, -0.25) is 0 Å². The lowest BCUT2D eigenvalue weighted by atomic mass is 9.74. The number of hydrogen-bond donors (Lipinski definition) is 1. The van der Waals surface area contributed by atoms with Crippen LogP contribution >= 0.6 is 11.8 Å². The van der Waals surface area contributed by atoms with Crippen LogP contribution in [0.4, 0.5) is 0 Å². The predicted molar refractivity (Wildman–Crippen MR) is 103 cm³/mol. The molecule has 128 valence electrons. The highest BCUT2D eigenvalue weighted by Gasteiger charge is 2.31. The molecule has 0 amide bonds. The van der Waals surface area contributed by atoms with Crippen LogP contribution in [0, 0.1) is 12.8 Å². The Hall–Kier alpha value is -2.07. The SMILES string of the molecule is CSc1nc(O)c2c(n1)CC(c1cc(C)cc3ccccc13)C(C)C2. The molecule has 1 aromatic heterocycles. The monoisotopic (exact) mass is 350 g/mol. The third-order valence-corrected chi connectivity index (χ3v) is 5.84. The summed E-state index contributed by atoms with van der Waals surface area (Å²) in [4.78, 5) is 8.91. The molecule has 2 aromatic carbocycles. The van der Waals surface area contributed by atoms with Crippen LogP contribution < -0.4 is 0 Å². The molecule has 1 aliphatic carbocycles. The van der Waals surface area contributed by atoms with Crippen LogP contribution in [0.3, 0.4) is 0 Å². The smallest absolute Gasteiger partial charge is 0.218 e. The van der Waals surface area contributed by atoms with Gasteiger partial charge in [0.05, 0.1) is 5.69 Å². The van der Waals surface area contributed by atoms with Crippen molar-refractivity contribution in [1.29, 1.82) is 0 Å². The number of hydrogen-bond acceptors (Lipinski definition) is 4. The molecule has 3 aromatic rings. The lowest BCUT2D eigenvalue weighted by molar-refractivity contribution is 0.383. The standard InChI is InChI=1S/C21H22N2OS/c1-12-8-14-6-4-5-7-15(14)17(9-12)16-11-19-18(10-13(16)2)20(24)23-21(22-19)25-3/h4-9,13,16H,10-11H2,1-3H3,(H,22,23,24). The maximum atomic E-state index is 10.3.